The SMILES string of the molecule is C.CCOC(=O)c1cnc(N)c2c(COc3cccc(SCc4ccccc4)c3)csc12. The van der Waals surface area contributed by atoms with Crippen LogP contribution in [0.2, 0.25) is 0 Å². The molecule has 0 saturated carbocycles. The molecule has 0 atom stereocenters. The first-order valence-corrected chi connectivity index (χ1v) is 11.7. The van der Waals surface area contributed by atoms with Crippen LogP contribution in [0.4, 0.5) is 5.82 Å². The van der Waals surface area contributed by atoms with Gasteiger partial charge in [-0.2, -0.15) is 0 Å². The number of esters is 1. The smallest absolute Gasteiger partial charge is 0.341 e. The summed E-state index contributed by atoms with van der Waals surface area (Å²) in [5.74, 6) is 1.68. The van der Waals surface area contributed by atoms with Gasteiger partial charge in [-0.3, -0.25) is 0 Å². The highest BCUT2D eigenvalue weighted by atomic mass is 32.2. The van der Waals surface area contributed by atoms with E-state index in [-0.39, 0.29) is 7.43 Å². The zero-order valence-corrected chi connectivity index (χ0v) is 18.7. The summed E-state index contributed by atoms with van der Waals surface area (Å²) in [6.07, 6.45) is 1.48. The maximum atomic E-state index is 12.2. The minimum absolute atomic E-state index is 0. The lowest BCUT2D eigenvalue weighted by Crippen LogP contribution is -2.06. The molecule has 0 radical (unpaired) electrons. The maximum absolute atomic E-state index is 12.2. The van der Waals surface area contributed by atoms with Crippen LogP contribution in [0.15, 0.2) is 71.1 Å². The summed E-state index contributed by atoms with van der Waals surface area (Å²) in [4.78, 5) is 17.6. The summed E-state index contributed by atoms with van der Waals surface area (Å²) >= 11 is 3.21. The number of anilines is 1. The van der Waals surface area contributed by atoms with Crippen molar-refractivity contribution in [3.63, 3.8) is 0 Å². The molecular weight excluding hydrogens is 440 g/mol. The summed E-state index contributed by atoms with van der Waals surface area (Å²) in [5, 5.41) is 2.71. The fourth-order valence-electron chi connectivity index (χ4n) is 3.15. The number of ether oxygens (including phenoxy) is 2. The second-order valence-electron chi connectivity index (χ2n) is 6.78. The van der Waals surface area contributed by atoms with Crippen LogP contribution in [0.25, 0.3) is 10.1 Å². The molecule has 4 rings (SSSR count). The Balaban J connectivity index is 0.00000289. The number of nitrogens with zero attached hydrogens (tertiary/aromatic N) is 1. The Morgan fingerprint density at radius 2 is 1.97 bits per heavy atom. The first kappa shape index (κ1) is 23.6. The lowest BCUT2D eigenvalue weighted by atomic mass is 10.1. The molecular formula is C25H26N2O3S2. The molecule has 0 aliphatic heterocycles. The Morgan fingerprint density at radius 1 is 1.16 bits per heavy atom. The van der Waals surface area contributed by atoms with E-state index in [2.05, 4.69) is 35.3 Å². The van der Waals surface area contributed by atoms with Crippen LogP contribution >= 0.6 is 23.1 Å². The molecule has 0 fully saturated rings. The molecule has 2 aromatic heterocycles. The number of hydrogen-bond acceptors (Lipinski definition) is 7. The standard InChI is InChI=1S/C24H22N2O3S2.CH4/c1-2-28-24(27)20-12-26-23(25)21-17(15-31-22(20)21)13-29-18-9-6-10-19(11-18)30-14-16-7-4-3-5-8-16;/h3-12,15H,2,13-14H2,1H3,(H2,25,26);1H4. The van der Waals surface area contributed by atoms with E-state index in [9.17, 15) is 4.79 Å². The predicted molar refractivity (Wildman–Crippen MR) is 133 cm³/mol. The largest absolute Gasteiger partial charge is 0.489 e. The highest BCUT2D eigenvalue weighted by Crippen LogP contribution is 2.34. The molecule has 0 saturated heterocycles. The van der Waals surface area contributed by atoms with E-state index < -0.39 is 5.97 Å². The minimum Gasteiger partial charge on any atom is -0.489 e. The molecule has 7 heteroatoms. The number of rotatable bonds is 8. The number of pyridine rings is 1. The summed E-state index contributed by atoms with van der Waals surface area (Å²) < 4.78 is 12.0. The average Bonchev–Trinajstić information content (AvgIpc) is 3.23. The van der Waals surface area contributed by atoms with E-state index >= 15 is 0 Å². The average molecular weight is 467 g/mol. The molecule has 5 nitrogen and oxygen atoms in total. The molecule has 2 aromatic carbocycles. The van der Waals surface area contributed by atoms with E-state index in [0.717, 1.165) is 32.0 Å². The van der Waals surface area contributed by atoms with Crippen LogP contribution in [-0.2, 0) is 17.1 Å². The van der Waals surface area contributed by atoms with Gasteiger partial charge in [-0.15, -0.1) is 23.1 Å². The fourth-order valence-corrected chi connectivity index (χ4v) is 5.11. The molecule has 0 aliphatic rings. The quantitative estimate of drug-likeness (QED) is 0.234. The van der Waals surface area contributed by atoms with Gasteiger partial charge in [0.25, 0.3) is 0 Å². The topological polar surface area (TPSA) is 74.4 Å². The highest BCUT2D eigenvalue weighted by molar-refractivity contribution is 7.98. The second kappa shape index (κ2) is 11.0. The fraction of sp³-hybridized carbons (Fsp3) is 0.200. The van der Waals surface area contributed by atoms with Gasteiger partial charge in [0.05, 0.1) is 16.9 Å². The molecule has 0 aliphatic carbocycles. The van der Waals surface area contributed by atoms with Gasteiger partial charge in [-0.1, -0.05) is 43.8 Å². The number of thiophene rings is 1. The Bertz CT molecular complexity index is 1190. The molecule has 0 bridgehead atoms. The highest BCUT2D eigenvalue weighted by Gasteiger charge is 2.18. The van der Waals surface area contributed by atoms with Gasteiger partial charge in [-0.25, -0.2) is 9.78 Å². The number of carbonyl (C=O) groups excluding carboxylic acids is 1. The van der Waals surface area contributed by atoms with Crippen LogP contribution in [0.3, 0.4) is 0 Å². The number of aromatic nitrogens is 1. The van der Waals surface area contributed by atoms with Gasteiger partial charge in [-0.05, 0) is 36.1 Å². The molecule has 166 valence electrons. The number of thioether (sulfide) groups is 1. The number of fused-ring (bicyclic) bond motifs is 1. The van der Waals surface area contributed by atoms with Crippen molar-refractivity contribution in [2.75, 3.05) is 12.3 Å². The van der Waals surface area contributed by atoms with Crippen molar-refractivity contribution >= 4 is 45.0 Å². The van der Waals surface area contributed by atoms with Crippen molar-refractivity contribution in [3.8, 4) is 5.75 Å². The normalized spacial score (nSPS) is 10.5. The van der Waals surface area contributed by atoms with Gasteiger partial charge >= 0.3 is 5.97 Å². The first-order valence-electron chi connectivity index (χ1n) is 9.87. The number of nitrogen functional groups attached to an aromatic ring is 1. The molecule has 2 N–H and O–H groups in total. The lowest BCUT2D eigenvalue weighted by molar-refractivity contribution is 0.0528. The van der Waals surface area contributed by atoms with E-state index in [4.69, 9.17) is 15.2 Å². The van der Waals surface area contributed by atoms with Crippen LogP contribution in [0.1, 0.15) is 35.8 Å². The molecule has 32 heavy (non-hydrogen) atoms. The van der Waals surface area contributed by atoms with Gasteiger partial charge in [0.1, 0.15) is 18.2 Å². The summed E-state index contributed by atoms with van der Waals surface area (Å²) in [6.45, 7) is 2.43. The minimum atomic E-state index is -0.391. The predicted octanol–water partition coefficient (Wildman–Crippen LogP) is 6.56. The summed E-state index contributed by atoms with van der Waals surface area (Å²) in [7, 11) is 0. The Kier molecular flexibility index (Phi) is 8.14. The number of nitrogens with two attached hydrogens (primary N) is 1. The maximum Gasteiger partial charge on any atom is 0.341 e. The van der Waals surface area contributed by atoms with Crippen molar-refractivity contribution < 1.29 is 14.3 Å². The van der Waals surface area contributed by atoms with Crippen LogP contribution in [0, 0.1) is 0 Å². The van der Waals surface area contributed by atoms with Crippen LogP contribution in [0.5, 0.6) is 5.75 Å². The van der Waals surface area contributed by atoms with Gasteiger partial charge < -0.3 is 15.2 Å². The number of benzene rings is 2. The molecule has 0 unspecified atom stereocenters. The zero-order chi connectivity index (χ0) is 21.6. The molecule has 0 spiro atoms. The monoisotopic (exact) mass is 466 g/mol. The first-order chi connectivity index (χ1) is 15.2. The Morgan fingerprint density at radius 3 is 2.75 bits per heavy atom. The lowest BCUT2D eigenvalue weighted by Gasteiger charge is -2.09. The van der Waals surface area contributed by atoms with Crippen molar-refractivity contribution in [2.24, 2.45) is 0 Å². The van der Waals surface area contributed by atoms with Crippen molar-refractivity contribution in [2.45, 2.75) is 31.6 Å². The van der Waals surface area contributed by atoms with Crippen molar-refractivity contribution in [1.82, 2.24) is 4.98 Å². The van der Waals surface area contributed by atoms with E-state index in [1.807, 2.05) is 29.6 Å². The van der Waals surface area contributed by atoms with Gasteiger partial charge in [0.15, 0.2) is 0 Å². The molecule has 2 heterocycles. The summed E-state index contributed by atoms with van der Waals surface area (Å²) in [6, 6.07) is 18.4. The van der Waals surface area contributed by atoms with Crippen LogP contribution in [-0.4, -0.2) is 17.6 Å². The Hall–Kier alpha value is -3.03. The summed E-state index contributed by atoms with van der Waals surface area (Å²) in [5.41, 5.74) is 8.73. The zero-order valence-electron chi connectivity index (χ0n) is 17.0. The Labute approximate surface area is 196 Å². The van der Waals surface area contributed by atoms with Crippen molar-refractivity contribution in [1.29, 1.82) is 0 Å². The third kappa shape index (κ3) is 5.41. The third-order valence-electron chi connectivity index (χ3n) is 4.64. The van der Waals surface area contributed by atoms with E-state index in [1.54, 1.807) is 18.7 Å². The molecule has 4 aromatic rings. The third-order valence-corrected chi connectivity index (χ3v) is 6.77. The van der Waals surface area contributed by atoms with Gasteiger partial charge in [0, 0.05) is 27.8 Å². The van der Waals surface area contributed by atoms with E-state index in [1.165, 1.54) is 23.1 Å². The number of carbonyl (C=O) groups is 1. The number of hydrogen-bond donors (Lipinski definition) is 1. The second-order valence-corrected chi connectivity index (χ2v) is 8.71. The van der Waals surface area contributed by atoms with Gasteiger partial charge in [0.2, 0.25) is 0 Å². The van der Waals surface area contributed by atoms with E-state index in [0.29, 0.717) is 24.6 Å². The van der Waals surface area contributed by atoms with Crippen LogP contribution < -0.4 is 10.5 Å². The van der Waals surface area contributed by atoms with Crippen molar-refractivity contribution in [3.05, 3.63) is 82.9 Å². The molecule has 0 amide bonds.